The number of hydrogen-bond acceptors (Lipinski definition) is 8. The molecule has 0 spiro atoms. The zero-order valence-corrected chi connectivity index (χ0v) is 35.3. The summed E-state index contributed by atoms with van der Waals surface area (Å²) in [6.07, 6.45) is 23.5. The molecular weight excluding hydrogens is 684 g/mol. The molecule has 1 rings (SSSR count). The zero-order valence-electron chi connectivity index (χ0n) is 35.3. The highest BCUT2D eigenvalue weighted by Crippen LogP contribution is 2.67. The van der Waals surface area contributed by atoms with E-state index >= 15 is 0 Å². The monoisotopic (exact) mass is 765 g/mol. The largest absolute Gasteiger partial charge is 0.481 e. The SMILES string of the molecule is CCCCCC/C=C\CC(CCOC(=O)CCCCC(=O)O)OC(=O)CCCCC1CC1(C)C(C)(CCCCC)CC(O)CCOC(=O)CCCC(C)C. The van der Waals surface area contributed by atoms with Crippen LogP contribution in [-0.4, -0.2) is 59.5 Å². The molecule has 9 heteroatoms. The first-order valence-corrected chi connectivity index (χ1v) is 21.8. The van der Waals surface area contributed by atoms with Crippen LogP contribution in [0.5, 0.6) is 0 Å². The molecule has 1 aliphatic carbocycles. The number of unbranched alkanes of at least 4 members (excludes halogenated alkanes) is 8. The number of hydrogen-bond donors (Lipinski definition) is 2. The van der Waals surface area contributed by atoms with Crippen LogP contribution in [0.2, 0.25) is 0 Å². The maximum absolute atomic E-state index is 12.9. The Morgan fingerprint density at radius 1 is 0.759 bits per heavy atom. The molecule has 0 aromatic rings. The van der Waals surface area contributed by atoms with Crippen LogP contribution in [0.15, 0.2) is 12.2 Å². The number of carbonyl (C=O) groups excluding carboxylic acids is 3. The smallest absolute Gasteiger partial charge is 0.306 e. The lowest BCUT2D eigenvalue weighted by atomic mass is 9.66. The van der Waals surface area contributed by atoms with Gasteiger partial charge in [-0.2, -0.15) is 0 Å². The van der Waals surface area contributed by atoms with Gasteiger partial charge in [0.15, 0.2) is 0 Å². The van der Waals surface area contributed by atoms with Crippen LogP contribution in [0.4, 0.5) is 0 Å². The maximum Gasteiger partial charge on any atom is 0.306 e. The number of allylic oxidation sites excluding steroid dienone is 1. The lowest BCUT2D eigenvalue weighted by Crippen LogP contribution is -2.33. The first kappa shape index (κ1) is 49.6. The van der Waals surface area contributed by atoms with E-state index in [1.165, 1.54) is 25.7 Å². The molecule has 2 N–H and O–H groups in total. The normalized spacial score (nSPS) is 19.0. The van der Waals surface area contributed by atoms with Crippen LogP contribution in [0.25, 0.3) is 0 Å². The van der Waals surface area contributed by atoms with E-state index in [-0.39, 0.29) is 60.9 Å². The van der Waals surface area contributed by atoms with E-state index < -0.39 is 12.1 Å². The van der Waals surface area contributed by atoms with Gasteiger partial charge in [-0.25, -0.2) is 0 Å². The summed E-state index contributed by atoms with van der Waals surface area (Å²) in [6, 6.07) is 0. The number of rotatable bonds is 35. The Bertz CT molecular complexity index is 1070. The average Bonchev–Trinajstić information content (AvgIpc) is 3.79. The predicted octanol–water partition coefficient (Wildman–Crippen LogP) is 11.1. The van der Waals surface area contributed by atoms with Gasteiger partial charge in [0.1, 0.15) is 6.10 Å². The van der Waals surface area contributed by atoms with E-state index in [9.17, 15) is 24.3 Å². The number of carbonyl (C=O) groups is 4. The van der Waals surface area contributed by atoms with E-state index in [1.807, 2.05) is 0 Å². The average molecular weight is 765 g/mol. The summed E-state index contributed by atoms with van der Waals surface area (Å²) in [5.74, 6) is -0.485. The number of esters is 3. The molecule has 0 aromatic heterocycles. The fourth-order valence-corrected chi connectivity index (χ4v) is 7.76. The second-order valence-corrected chi connectivity index (χ2v) is 17.0. The quantitative estimate of drug-likeness (QED) is 0.0280. The highest BCUT2D eigenvalue weighted by molar-refractivity contribution is 5.70. The lowest BCUT2D eigenvalue weighted by molar-refractivity contribution is -0.151. The molecule has 0 aliphatic heterocycles. The summed E-state index contributed by atoms with van der Waals surface area (Å²) in [5.41, 5.74) is 0.128. The molecule has 5 unspecified atom stereocenters. The van der Waals surface area contributed by atoms with Crippen LogP contribution in [0.1, 0.15) is 202 Å². The predicted molar refractivity (Wildman–Crippen MR) is 216 cm³/mol. The van der Waals surface area contributed by atoms with Gasteiger partial charge in [-0.1, -0.05) is 105 Å². The van der Waals surface area contributed by atoms with Crippen LogP contribution in [-0.2, 0) is 33.4 Å². The minimum Gasteiger partial charge on any atom is -0.481 e. The summed E-state index contributed by atoms with van der Waals surface area (Å²) in [7, 11) is 0. The minimum atomic E-state index is -0.870. The third kappa shape index (κ3) is 22.8. The van der Waals surface area contributed by atoms with Crippen LogP contribution < -0.4 is 0 Å². The molecular formula is C45H80O9. The van der Waals surface area contributed by atoms with Crippen molar-refractivity contribution in [3.8, 4) is 0 Å². The van der Waals surface area contributed by atoms with E-state index in [4.69, 9.17) is 19.3 Å². The number of aliphatic hydroxyl groups excluding tert-OH is 1. The van der Waals surface area contributed by atoms with Crippen molar-refractivity contribution in [3.05, 3.63) is 12.2 Å². The first-order chi connectivity index (χ1) is 25.8. The molecule has 1 saturated carbocycles. The zero-order chi connectivity index (χ0) is 40.2. The molecule has 54 heavy (non-hydrogen) atoms. The van der Waals surface area contributed by atoms with Crippen molar-refractivity contribution < 1.29 is 43.6 Å². The summed E-state index contributed by atoms with van der Waals surface area (Å²) < 4.78 is 16.7. The van der Waals surface area contributed by atoms with Crippen LogP contribution >= 0.6 is 0 Å². The molecule has 0 radical (unpaired) electrons. The van der Waals surface area contributed by atoms with Gasteiger partial charge < -0.3 is 24.4 Å². The molecule has 0 amide bonds. The van der Waals surface area contributed by atoms with Gasteiger partial charge >= 0.3 is 23.9 Å². The summed E-state index contributed by atoms with van der Waals surface area (Å²) >= 11 is 0. The Morgan fingerprint density at radius 3 is 2.04 bits per heavy atom. The van der Waals surface area contributed by atoms with Gasteiger partial charge in [0, 0.05) is 44.9 Å². The van der Waals surface area contributed by atoms with E-state index in [0.717, 1.165) is 70.6 Å². The molecule has 0 aromatic carbocycles. The highest BCUT2D eigenvalue weighted by Gasteiger charge is 2.59. The fraction of sp³-hybridized carbons (Fsp3) is 0.867. The third-order valence-electron chi connectivity index (χ3n) is 11.7. The molecule has 5 atom stereocenters. The van der Waals surface area contributed by atoms with E-state index in [0.29, 0.717) is 63.2 Å². The molecule has 1 aliphatic rings. The highest BCUT2D eigenvalue weighted by atomic mass is 16.6. The Hall–Kier alpha value is -2.42. The summed E-state index contributed by atoms with van der Waals surface area (Å²) in [6.45, 7) is 13.9. The molecule has 9 nitrogen and oxygen atoms in total. The molecule has 0 bridgehead atoms. The second kappa shape index (κ2) is 28.9. The Kier molecular flexibility index (Phi) is 26.6. The standard InChI is InChI=1S/C45H80O9/c1-7-9-11-12-13-14-15-24-39(30-33-53-41(49)26-19-17-25-40(47)48)54-43(51)27-18-16-23-37-34-45(37,6)44(5,31-20-10-8-2)35-38(46)29-32-52-42(50)28-21-22-36(3)4/h14-15,36-39,46H,7-13,16-35H2,1-6H3,(H,47,48)/b15-14-. The Labute approximate surface area is 329 Å². The topological polar surface area (TPSA) is 136 Å². The van der Waals surface area contributed by atoms with E-state index in [2.05, 4.69) is 53.7 Å². The van der Waals surface area contributed by atoms with E-state index in [1.54, 1.807) is 0 Å². The van der Waals surface area contributed by atoms with Crippen molar-refractivity contribution in [1.29, 1.82) is 0 Å². The van der Waals surface area contributed by atoms with Crippen molar-refractivity contribution in [2.75, 3.05) is 13.2 Å². The first-order valence-electron chi connectivity index (χ1n) is 21.8. The number of ether oxygens (including phenoxy) is 3. The van der Waals surface area contributed by atoms with Gasteiger partial charge in [0.2, 0.25) is 0 Å². The van der Waals surface area contributed by atoms with Crippen molar-refractivity contribution in [1.82, 2.24) is 0 Å². The number of aliphatic hydroxyl groups is 1. The second-order valence-electron chi connectivity index (χ2n) is 17.0. The summed E-state index contributed by atoms with van der Waals surface area (Å²) in [5, 5.41) is 19.9. The third-order valence-corrected chi connectivity index (χ3v) is 11.7. The van der Waals surface area contributed by atoms with Crippen molar-refractivity contribution in [3.63, 3.8) is 0 Å². The minimum absolute atomic E-state index is 0.00881. The lowest BCUT2D eigenvalue weighted by Gasteiger charge is -2.39. The maximum atomic E-state index is 12.9. The van der Waals surface area contributed by atoms with Crippen molar-refractivity contribution in [2.45, 2.75) is 214 Å². The molecule has 314 valence electrons. The molecule has 1 fully saturated rings. The number of aliphatic carboxylic acids is 1. The van der Waals surface area contributed by atoms with Gasteiger partial charge in [-0.3, -0.25) is 19.2 Å². The molecule has 0 saturated heterocycles. The molecule has 0 heterocycles. The van der Waals surface area contributed by atoms with Gasteiger partial charge in [0.25, 0.3) is 0 Å². The van der Waals surface area contributed by atoms with Gasteiger partial charge in [-0.15, -0.1) is 0 Å². The van der Waals surface area contributed by atoms with Gasteiger partial charge in [0.05, 0.1) is 19.3 Å². The van der Waals surface area contributed by atoms with Crippen LogP contribution in [0.3, 0.4) is 0 Å². The Balaban J connectivity index is 2.59. The number of carboxylic acid groups (broad SMARTS) is 1. The van der Waals surface area contributed by atoms with Gasteiger partial charge in [-0.05, 0) is 86.9 Å². The van der Waals surface area contributed by atoms with Crippen LogP contribution in [0, 0.1) is 22.7 Å². The Morgan fingerprint density at radius 2 is 1.37 bits per heavy atom. The van der Waals surface area contributed by atoms with Crippen molar-refractivity contribution >= 4 is 23.9 Å². The summed E-state index contributed by atoms with van der Waals surface area (Å²) in [4.78, 5) is 47.9. The fourth-order valence-electron chi connectivity index (χ4n) is 7.76. The number of carboxylic acids is 1. The van der Waals surface area contributed by atoms with Crippen molar-refractivity contribution in [2.24, 2.45) is 22.7 Å².